The molecule has 0 saturated heterocycles. The summed E-state index contributed by atoms with van der Waals surface area (Å²) in [6.07, 6.45) is 2.01. The molecule has 4 aromatic rings. The van der Waals surface area contributed by atoms with Gasteiger partial charge in [0.15, 0.2) is 12.1 Å². The summed E-state index contributed by atoms with van der Waals surface area (Å²) in [5, 5.41) is 24.3. The first-order valence-corrected chi connectivity index (χ1v) is 15.0. The third-order valence-corrected chi connectivity index (χ3v) is 8.32. The fraction of sp³-hybridized carbons (Fsp3) is 0.333. The van der Waals surface area contributed by atoms with Crippen LogP contribution < -0.4 is 15.4 Å². The molecule has 226 valence electrons. The smallest absolute Gasteiger partial charge is 0.262 e. The number of benzene rings is 2. The Balaban J connectivity index is 1.48. The summed E-state index contributed by atoms with van der Waals surface area (Å²) in [6.45, 7) is 10.3. The van der Waals surface area contributed by atoms with Gasteiger partial charge in [-0.15, -0.1) is 11.3 Å². The molecule has 2 amide bonds. The van der Waals surface area contributed by atoms with Crippen LogP contribution in [0, 0.1) is 0 Å². The molecule has 4 rings (SSSR count). The molecular weight excluding hydrogens is 564 g/mol. The van der Waals surface area contributed by atoms with Crippen molar-refractivity contribution in [3.05, 3.63) is 88.4 Å². The third-order valence-electron chi connectivity index (χ3n) is 6.81. The SMILES string of the molecule is CCOc1ccc(-c2cnc(-c3ccc(C[C@H](NC(=O)c4ccc(C(C)(C)C)s4)C(=O)N[C@H](C)C(O)O)cc3)nc2)cc1. The minimum absolute atomic E-state index is 0.103. The van der Waals surface area contributed by atoms with Gasteiger partial charge < -0.3 is 25.6 Å². The standard InChI is InChI=1S/C33H38N4O5S/c1-6-42-25-13-11-22(12-14-25)24-18-34-29(35-19-24)23-9-7-21(8-10-23)17-26(30(38)36-20(2)32(40)41)37-31(39)27-15-16-28(43-27)33(3,4)5/h7-16,18-20,26,32,40-41H,6,17H2,1-5H3,(H,36,38)(H,37,39)/t20-,26+/m1/s1. The Kier molecular flexibility index (Phi) is 10.3. The zero-order valence-electron chi connectivity index (χ0n) is 25.0. The molecule has 43 heavy (non-hydrogen) atoms. The number of carbonyl (C=O) groups is 2. The van der Waals surface area contributed by atoms with Gasteiger partial charge in [0.2, 0.25) is 5.91 Å². The second kappa shape index (κ2) is 13.9. The minimum Gasteiger partial charge on any atom is -0.494 e. The molecule has 0 aliphatic heterocycles. The lowest BCUT2D eigenvalue weighted by molar-refractivity contribution is -0.128. The van der Waals surface area contributed by atoms with Gasteiger partial charge in [-0.25, -0.2) is 9.97 Å². The topological polar surface area (TPSA) is 134 Å². The van der Waals surface area contributed by atoms with Gasteiger partial charge in [-0.05, 0) is 54.7 Å². The van der Waals surface area contributed by atoms with Crippen molar-refractivity contribution >= 4 is 23.2 Å². The van der Waals surface area contributed by atoms with E-state index >= 15 is 0 Å². The van der Waals surface area contributed by atoms with Crippen LogP contribution in [0.2, 0.25) is 0 Å². The van der Waals surface area contributed by atoms with Crippen LogP contribution in [0.5, 0.6) is 5.75 Å². The van der Waals surface area contributed by atoms with Crippen LogP contribution in [0.25, 0.3) is 22.5 Å². The van der Waals surface area contributed by atoms with Crippen molar-refractivity contribution in [3.8, 4) is 28.3 Å². The number of aliphatic hydroxyl groups excluding tert-OH is 1. The molecule has 0 aliphatic carbocycles. The number of hydrogen-bond donors (Lipinski definition) is 4. The van der Waals surface area contributed by atoms with E-state index in [-0.39, 0.29) is 17.7 Å². The number of rotatable bonds is 11. The van der Waals surface area contributed by atoms with Crippen LogP contribution in [0.4, 0.5) is 0 Å². The van der Waals surface area contributed by atoms with E-state index < -0.39 is 24.3 Å². The third kappa shape index (κ3) is 8.47. The van der Waals surface area contributed by atoms with E-state index in [1.165, 1.54) is 18.3 Å². The van der Waals surface area contributed by atoms with E-state index in [9.17, 15) is 19.8 Å². The van der Waals surface area contributed by atoms with Crippen LogP contribution in [0.1, 0.15) is 54.7 Å². The highest BCUT2D eigenvalue weighted by Crippen LogP contribution is 2.29. The first-order valence-electron chi connectivity index (χ1n) is 14.2. The average Bonchev–Trinajstić information content (AvgIpc) is 3.50. The molecule has 2 atom stereocenters. The van der Waals surface area contributed by atoms with E-state index in [2.05, 4.69) is 41.4 Å². The van der Waals surface area contributed by atoms with Gasteiger partial charge in [0.25, 0.3) is 5.91 Å². The summed E-state index contributed by atoms with van der Waals surface area (Å²) >= 11 is 1.38. The van der Waals surface area contributed by atoms with Crippen LogP contribution in [0.3, 0.4) is 0 Å². The number of nitrogens with zero attached hydrogens (tertiary/aromatic N) is 2. The Bertz CT molecular complexity index is 1510. The quantitative estimate of drug-likeness (QED) is 0.183. The molecular formula is C33H38N4O5S. The summed E-state index contributed by atoms with van der Waals surface area (Å²) in [4.78, 5) is 36.9. The largest absolute Gasteiger partial charge is 0.494 e. The van der Waals surface area contributed by atoms with Crippen LogP contribution in [0.15, 0.2) is 73.1 Å². The van der Waals surface area contributed by atoms with Crippen LogP contribution in [-0.4, -0.2) is 57.0 Å². The van der Waals surface area contributed by atoms with Crippen molar-refractivity contribution in [1.29, 1.82) is 0 Å². The molecule has 0 aliphatic rings. The van der Waals surface area contributed by atoms with Crippen molar-refractivity contribution in [2.24, 2.45) is 0 Å². The van der Waals surface area contributed by atoms with E-state index in [4.69, 9.17) is 4.74 Å². The Morgan fingerprint density at radius 3 is 2.07 bits per heavy atom. The lowest BCUT2D eigenvalue weighted by atomic mass is 9.95. The zero-order valence-corrected chi connectivity index (χ0v) is 25.8. The molecule has 0 spiro atoms. The van der Waals surface area contributed by atoms with Gasteiger partial charge >= 0.3 is 0 Å². The molecule has 2 aromatic carbocycles. The van der Waals surface area contributed by atoms with E-state index in [0.717, 1.165) is 32.9 Å². The van der Waals surface area contributed by atoms with Gasteiger partial charge in [0.05, 0.1) is 17.5 Å². The highest BCUT2D eigenvalue weighted by molar-refractivity contribution is 7.14. The predicted molar refractivity (Wildman–Crippen MR) is 168 cm³/mol. The number of thiophene rings is 1. The van der Waals surface area contributed by atoms with Gasteiger partial charge in [0.1, 0.15) is 11.8 Å². The summed E-state index contributed by atoms with van der Waals surface area (Å²) in [5.74, 6) is 0.487. The minimum atomic E-state index is -1.73. The number of carbonyl (C=O) groups excluding carboxylic acids is 2. The molecule has 10 heteroatoms. The maximum absolute atomic E-state index is 13.1. The molecule has 4 N–H and O–H groups in total. The first-order chi connectivity index (χ1) is 20.4. The number of amides is 2. The molecule has 0 saturated carbocycles. The van der Waals surface area contributed by atoms with E-state index in [1.807, 2.05) is 61.5 Å². The molecule has 0 unspecified atom stereocenters. The maximum atomic E-state index is 13.1. The highest BCUT2D eigenvalue weighted by atomic mass is 32.1. The van der Waals surface area contributed by atoms with E-state index in [1.54, 1.807) is 18.5 Å². The fourth-order valence-corrected chi connectivity index (χ4v) is 5.23. The lowest BCUT2D eigenvalue weighted by Crippen LogP contribution is -2.52. The number of aliphatic hydroxyl groups is 2. The van der Waals surface area contributed by atoms with Gasteiger partial charge in [-0.2, -0.15) is 0 Å². The Morgan fingerprint density at radius 1 is 0.884 bits per heavy atom. The van der Waals surface area contributed by atoms with Crippen molar-refractivity contribution in [2.45, 2.75) is 64.8 Å². The van der Waals surface area contributed by atoms with E-state index in [0.29, 0.717) is 17.3 Å². The molecule has 2 aromatic heterocycles. The molecule has 9 nitrogen and oxygen atoms in total. The van der Waals surface area contributed by atoms with Crippen molar-refractivity contribution in [3.63, 3.8) is 0 Å². The van der Waals surface area contributed by atoms with Crippen molar-refractivity contribution in [1.82, 2.24) is 20.6 Å². The summed E-state index contributed by atoms with van der Waals surface area (Å²) < 4.78 is 5.50. The Hall–Kier alpha value is -4.12. The number of nitrogens with one attached hydrogen (secondary N) is 2. The summed E-state index contributed by atoms with van der Waals surface area (Å²) in [7, 11) is 0. The van der Waals surface area contributed by atoms with Crippen LogP contribution >= 0.6 is 11.3 Å². The van der Waals surface area contributed by atoms with Gasteiger partial charge in [-0.3, -0.25) is 9.59 Å². The van der Waals surface area contributed by atoms with Crippen LogP contribution in [-0.2, 0) is 16.6 Å². The van der Waals surface area contributed by atoms with Crippen molar-refractivity contribution in [2.75, 3.05) is 6.61 Å². The van der Waals surface area contributed by atoms with Crippen molar-refractivity contribution < 1.29 is 24.5 Å². The van der Waals surface area contributed by atoms with Gasteiger partial charge in [0, 0.05) is 34.8 Å². The molecule has 0 bridgehead atoms. The number of hydrogen-bond acceptors (Lipinski definition) is 8. The predicted octanol–water partition coefficient (Wildman–Crippen LogP) is 4.72. The lowest BCUT2D eigenvalue weighted by Gasteiger charge is -2.22. The maximum Gasteiger partial charge on any atom is 0.262 e. The molecule has 0 fully saturated rings. The number of aromatic nitrogens is 2. The van der Waals surface area contributed by atoms with Gasteiger partial charge in [-0.1, -0.05) is 57.2 Å². The number of ether oxygens (including phenoxy) is 1. The Labute approximate surface area is 256 Å². The monoisotopic (exact) mass is 602 g/mol. The highest BCUT2D eigenvalue weighted by Gasteiger charge is 2.26. The second-order valence-electron chi connectivity index (χ2n) is 11.3. The first kappa shape index (κ1) is 31.8. The summed E-state index contributed by atoms with van der Waals surface area (Å²) in [5.41, 5.74) is 3.37. The Morgan fingerprint density at radius 2 is 1.51 bits per heavy atom. The molecule has 2 heterocycles. The molecule has 0 radical (unpaired) electrons. The average molecular weight is 603 g/mol. The normalized spacial score (nSPS) is 12.9. The zero-order chi connectivity index (χ0) is 31.1. The fourth-order valence-electron chi connectivity index (χ4n) is 4.26. The summed E-state index contributed by atoms with van der Waals surface area (Å²) in [6, 6.07) is 17.0. The second-order valence-corrected chi connectivity index (χ2v) is 12.4.